The highest BCUT2D eigenvalue weighted by molar-refractivity contribution is 7.08. The Labute approximate surface area is 188 Å². The number of hydrogen-bond acceptors (Lipinski definition) is 5. The zero-order chi connectivity index (χ0) is 22.1. The SMILES string of the molecule is CCCn1c(C(=O)NCc2cncc(-c3ccsc3)c2)cc2c(=O)n3ccccc3nc21. The summed E-state index contributed by atoms with van der Waals surface area (Å²) in [4.78, 5) is 35.1. The van der Waals surface area contributed by atoms with E-state index >= 15 is 0 Å². The molecule has 5 heterocycles. The number of aromatic nitrogens is 4. The predicted molar refractivity (Wildman–Crippen MR) is 126 cm³/mol. The third kappa shape index (κ3) is 3.58. The summed E-state index contributed by atoms with van der Waals surface area (Å²) in [6.45, 7) is 2.96. The summed E-state index contributed by atoms with van der Waals surface area (Å²) in [6.07, 6.45) is 6.07. The van der Waals surface area contributed by atoms with Crippen molar-refractivity contribution in [1.29, 1.82) is 0 Å². The zero-order valence-corrected chi connectivity index (χ0v) is 18.3. The molecule has 1 amide bonds. The Balaban J connectivity index is 1.47. The Hall–Kier alpha value is -3.78. The second-order valence-corrected chi connectivity index (χ2v) is 8.32. The van der Waals surface area contributed by atoms with Crippen LogP contribution in [0.3, 0.4) is 0 Å². The van der Waals surface area contributed by atoms with Crippen LogP contribution in [0.1, 0.15) is 29.4 Å². The number of aryl methyl sites for hydroxylation is 1. The van der Waals surface area contributed by atoms with E-state index in [0.717, 1.165) is 23.1 Å². The Morgan fingerprint density at radius 2 is 2.06 bits per heavy atom. The summed E-state index contributed by atoms with van der Waals surface area (Å²) >= 11 is 1.63. The standard InChI is InChI=1S/C24H21N5O2S/c1-2-7-28-20(11-19-22(28)27-21-5-3-4-8-29(21)24(19)31)23(30)26-13-16-10-18(14-25-12-16)17-6-9-32-15-17/h3-6,8-12,14-15H,2,7,13H2,1H3,(H,26,30). The molecule has 0 saturated heterocycles. The summed E-state index contributed by atoms with van der Waals surface area (Å²) in [5.41, 5.74) is 4.38. The second-order valence-electron chi connectivity index (χ2n) is 7.54. The van der Waals surface area contributed by atoms with Gasteiger partial charge < -0.3 is 9.88 Å². The summed E-state index contributed by atoms with van der Waals surface area (Å²) in [7, 11) is 0. The molecule has 0 aliphatic heterocycles. The van der Waals surface area contributed by atoms with Gasteiger partial charge in [-0.2, -0.15) is 11.3 Å². The van der Waals surface area contributed by atoms with Gasteiger partial charge in [-0.15, -0.1) is 0 Å². The minimum absolute atomic E-state index is 0.179. The normalized spacial score (nSPS) is 11.3. The maximum Gasteiger partial charge on any atom is 0.268 e. The highest BCUT2D eigenvalue weighted by Crippen LogP contribution is 2.22. The van der Waals surface area contributed by atoms with E-state index in [-0.39, 0.29) is 11.5 Å². The predicted octanol–water partition coefficient (Wildman–Crippen LogP) is 4.11. The molecule has 0 spiro atoms. The van der Waals surface area contributed by atoms with Gasteiger partial charge in [-0.3, -0.25) is 19.0 Å². The Kier molecular flexibility index (Phi) is 5.28. The van der Waals surface area contributed by atoms with Gasteiger partial charge in [0.1, 0.15) is 17.0 Å². The number of pyridine rings is 2. The molecule has 0 unspecified atom stereocenters. The van der Waals surface area contributed by atoms with Crippen LogP contribution in [0, 0.1) is 0 Å². The van der Waals surface area contributed by atoms with E-state index in [0.29, 0.717) is 35.5 Å². The first-order valence-electron chi connectivity index (χ1n) is 10.4. The molecule has 0 bridgehead atoms. The van der Waals surface area contributed by atoms with Crippen molar-refractivity contribution >= 4 is 33.9 Å². The van der Waals surface area contributed by atoms with Crippen LogP contribution in [-0.4, -0.2) is 24.8 Å². The van der Waals surface area contributed by atoms with Gasteiger partial charge in [-0.05, 0) is 58.6 Å². The molecule has 0 aliphatic carbocycles. The smallest absolute Gasteiger partial charge is 0.268 e. The number of nitrogens with zero attached hydrogens (tertiary/aromatic N) is 4. The van der Waals surface area contributed by atoms with Crippen molar-refractivity contribution in [2.24, 2.45) is 0 Å². The van der Waals surface area contributed by atoms with E-state index in [9.17, 15) is 9.59 Å². The van der Waals surface area contributed by atoms with Gasteiger partial charge in [-0.1, -0.05) is 13.0 Å². The van der Waals surface area contributed by atoms with E-state index < -0.39 is 0 Å². The molecule has 0 saturated carbocycles. The fraction of sp³-hybridized carbons (Fsp3) is 0.167. The first kappa shape index (κ1) is 20.1. The monoisotopic (exact) mass is 443 g/mol. The van der Waals surface area contributed by atoms with Crippen LogP contribution in [0.5, 0.6) is 0 Å². The van der Waals surface area contributed by atoms with Gasteiger partial charge in [0.25, 0.3) is 11.5 Å². The third-order valence-corrected chi connectivity index (χ3v) is 6.04. The number of amides is 1. The molecular weight excluding hydrogens is 422 g/mol. The van der Waals surface area contributed by atoms with Crippen LogP contribution in [0.2, 0.25) is 0 Å². The molecule has 0 fully saturated rings. The van der Waals surface area contributed by atoms with Gasteiger partial charge >= 0.3 is 0 Å². The highest BCUT2D eigenvalue weighted by atomic mass is 32.1. The lowest BCUT2D eigenvalue weighted by Gasteiger charge is -2.10. The Bertz CT molecular complexity index is 1480. The topological polar surface area (TPSA) is 81.3 Å². The van der Waals surface area contributed by atoms with Gasteiger partial charge in [-0.25, -0.2) is 4.98 Å². The summed E-state index contributed by atoms with van der Waals surface area (Å²) in [5, 5.41) is 7.50. The number of nitrogens with one attached hydrogen (secondary N) is 1. The molecule has 5 aromatic rings. The van der Waals surface area contributed by atoms with E-state index in [2.05, 4.69) is 20.7 Å². The zero-order valence-electron chi connectivity index (χ0n) is 17.5. The summed E-state index contributed by atoms with van der Waals surface area (Å²) < 4.78 is 3.33. The van der Waals surface area contributed by atoms with Crippen LogP contribution in [-0.2, 0) is 13.1 Å². The lowest BCUT2D eigenvalue weighted by Crippen LogP contribution is -2.25. The molecule has 0 radical (unpaired) electrons. The van der Waals surface area contributed by atoms with Crippen LogP contribution >= 0.6 is 11.3 Å². The molecule has 160 valence electrons. The van der Waals surface area contributed by atoms with Gasteiger partial charge in [0, 0.05) is 37.2 Å². The minimum Gasteiger partial charge on any atom is -0.347 e. The fourth-order valence-corrected chi connectivity index (χ4v) is 4.50. The van der Waals surface area contributed by atoms with E-state index in [4.69, 9.17) is 0 Å². The Morgan fingerprint density at radius 3 is 2.88 bits per heavy atom. The fourth-order valence-electron chi connectivity index (χ4n) is 3.83. The second kappa shape index (κ2) is 8.39. The molecule has 1 N–H and O–H groups in total. The average molecular weight is 444 g/mol. The van der Waals surface area contributed by atoms with Gasteiger partial charge in [0.2, 0.25) is 0 Å². The molecule has 5 rings (SSSR count). The van der Waals surface area contributed by atoms with Crippen molar-refractivity contribution in [3.05, 3.63) is 87.4 Å². The molecule has 0 aromatic carbocycles. The van der Waals surface area contributed by atoms with Crippen LogP contribution < -0.4 is 10.9 Å². The Morgan fingerprint density at radius 1 is 1.16 bits per heavy atom. The lowest BCUT2D eigenvalue weighted by atomic mass is 10.1. The van der Waals surface area contributed by atoms with Crippen molar-refractivity contribution in [3.8, 4) is 11.1 Å². The summed E-state index contributed by atoms with van der Waals surface area (Å²) in [6, 6.07) is 11.1. The van der Waals surface area contributed by atoms with E-state index in [1.165, 1.54) is 4.40 Å². The van der Waals surface area contributed by atoms with Crippen LogP contribution in [0.15, 0.2) is 70.5 Å². The van der Waals surface area contributed by atoms with Crippen LogP contribution in [0.25, 0.3) is 27.8 Å². The molecule has 7 nitrogen and oxygen atoms in total. The number of carbonyl (C=O) groups is 1. The number of fused-ring (bicyclic) bond motifs is 2. The molecule has 0 aliphatic rings. The highest BCUT2D eigenvalue weighted by Gasteiger charge is 2.19. The average Bonchev–Trinajstić information content (AvgIpc) is 3.48. The first-order chi connectivity index (χ1) is 15.7. The maximum atomic E-state index is 13.1. The number of rotatable bonds is 6. The maximum absolute atomic E-state index is 13.1. The van der Waals surface area contributed by atoms with E-state index in [1.54, 1.807) is 41.9 Å². The number of thiophene rings is 1. The van der Waals surface area contributed by atoms with Crippen molar-refractivity contribution in [1.82, 2.24) is 24.3 Å². The van der Waals surface area contributed by atoms with Crippen molar-refractivity contribution in [3.63, 3.8) is 0 Å². The minimum atomic E-state index is -0.245. The van der Waals surface area contributed by atoms with Crippen molar-refractivity contribution in [2.45, 2.75) is 26.4 Å². The molecule has 8 heteroatoms. The van der Waals surface area contributed by atoms with E-state index in [1.807, 2.05) is 41.3 Å². The van der Waals surface area contributed by atoms with Gasteiger partial charge in [0.05, 0.1) is 5.39 Å². The largest absolute Gasteiger partial charge is 0.347 e. The molecule has 32 heavy (non-hydrogen) atoms. The summed E-state index contributed by atoms with van der Waals surface area (Å²) in [5.74, 6) is -0.245. The van der Waals surface area contributed by atoms with Crippen molar-refractivity contribution < 1.29 is 4.79 Å². The third-order valence-electron chi connectivity index (χ3n) is 5.36. The van der Waals surface area contributed by atoms with Gasteiger partial charge in [0.15, 0.2) is 0 Å². The molecule has 0 atom stereocenters. The molecular formula is C24H21N5O2S. The quantitative estimate of drug-likeness (QED) is 0.428. The number of carbonyl (C=O) groups excluding carboxylic acids is 1. The number of hydrogen-bond donors (Lipinski definition) is 1. The first-order valence-corrected chi connectivity index (χ1v) is 11.4. The van der Waals surface area contributed by atoms with Crippen LogP contribution in [0.4, 0.5) is 0 Å². The molecule has 5 aromatic heterocycles. The lowest BCUT2D eigenvalue weighted by molar-refractivity contribution is 0.0942. The van der Waals surface area contributed by atoms with Crippen molar-refractivity contribution in [2.75, 3.05) is 0 Å².